The second kappa shape index (κ2) is 4.63. The highest BCUT2D eigenvalue weighted by Crippen LogP contribution is 2.11. The second-order valence-corrected chi connectivity index (χ2v) is 4.31. The molecule has 1 heterocycles. The highest BCUT2D eigenvalue weighted by Gasteiger charge is 2.04. The fourth-order valence-corrected chi connectivity index (χ4v) is 1.74. The Morgan fingerprint density at radius 1 is 1.47 bits per heavy atom. The molecule has 0 saturated carbocycles. The molecule has 5 heteroatoms. The van der Waals surface area contributed by atoms with Gasteiger partial charge in [-0.15, -0.1) is 0 Å². The third-order valence-electron chi connectivity index (χ3n) is 2.36. The Bertz CT molecular complexity index is 563. The molecule has 88 valence electrons. The Kier molecular flexibility index (Phi) is 3.19. The van der Waals surface area contributed by atoms with Crippen LogP contribution < -0.4 is 5.73 Å². The van der Waals surface area contributed by atoms with E-state index in [4.69, 9.17) is 18.0 Å². The molecule has 2 N–H and O–H groups in total. The van der Waals surface area contributed by atoms with Crippen LogP contribution in [0.25, 0.3) is 0 Å². The summed E-state index contributed by atoms with van der Waals surface area (Å²) in [6.45, 7) is 2.41. The first kappa shape index (κ1) is 11.7. The van der Waals surface area contributed by atoms with Crippen molar-refractivity contribution >= 4 is 17.2 Å². The van der Waals surface area contributed by atoms with E-state index < -0.39 is 0 Å². The van der Waals surface area contributed by atoms with Crippen molar-refractivity contribution in [1.29, 1.82) is 0 Å². The number of halogens is 1. The Labute approximate surface area is 104 Å². The van der Waals surface area contributed by atoms with Gasteiger partial charge in [0.05, 0.1) is 12.2 Å². The molecule has 0 atom stereocenters. The third-order valence-corrected chi connectivity index (χ3v) is 2.60. The Morgan fingerprint density at radius 2 is 2.24 bits per heavy atom. The molecule has 0 unspecified atom stereocenters. The molecule has 0 aliphatic carbocycles. The third kappa shape index (κ3) is 2.88. The maximum Gasteiger partial charge on any atom is 0.124 e. The predicted octanol–water partition coefficient (Wildman–Crippen LogP) is 2.01. The van der Waals surface area contributed by atoms with Gasteiger partial charge in [-0.25, -0.2) is 4.39 Å². The molecule has 0 aliphatic heterocycles. The fraction of sp³-hybridized carbons (Fsp3) is 0.167. The van der Waals surface area contributed by atoms with Crippen molar-refractivity contribution in [3.05, 3.63) is 53.1 Å². The molecular weight excluding hydrogens is 237 g/mol. The molecule has 17 heavy (non-hydrogen) atoms. The first-order chi connectivity index (χ1) is 8.04. The average Bonchev–Trinajstić information content (AvgIpc) is 2.63. The Balaban J connectivity index is 2.29. The van der Waals surface area contributed by atoms with Crippen molar-refractivity contribution in [2.75, 3.05) is 0 Å². The number of hydrogen-bond donors (Lipinski definition) is 1. The van der Waals surface area contributed by atoms with Gasteiger partial charge in [-0.3, -0.25) is 4.68 Å². The van der Waals surface area contributed by atoms with Crippen molar-refractivity contribution < 1.29 is 4.39 Å². The van der Waals surface area contributed by atoms with E-state index in [2.05, 4.69) is 5.10 Å². The van der Waals surface area contributed by atoms with Gasteiger partial charge in [-0.1, -0.05) is 12.2 Å². The van der Waals surface area contributed by atoms with Crippen molar-refractivity contribution in [2.24, 2.45) is 5.73 Å². The fourth-order valence-electron chi connectivity index (χ4n) is 1.62. The lowest BCUT2D eigenvalue weighted by Crippen LogP contribution is -2.11. The zero-order valence-electron chi connectivity index (χ0n) is 9.35. The topological polar surface area (TPSA) is 43.8 Å². The number of thiocarbonyl (C=S) groups is 1. The van der Waals surface area contributed by atoms with E-state index in [1.807, 2.05) is 19.2 Å². The molecule has 0 aliphatic rings. The highest BCUT2D eigenvalue weighted by molar-refractivity contribution is 7.80. The molecule has 2 aromatic rings. The van der Waals surface area contributed by atoms with E-state index in [0.29, 0.717) is 12.1 Å². The number of hydrogen-bond acceptors (Lipinski definition) is 2. The minimum absolute atomic E-state index is 0.197. The SMILES string of the molecule is Cc1ccn(Cc2cc(F)cc(C(N)=S)c2)n1. The molecule has 1 aromatic carbocycles. The predicted molar refractivity (Wildman–Crippen MR) is 68.4 cm³/mol. The summed E-state index contributed by atoms with van der Waals surface area (Å²) < 4.78 is 15.1. The van der Waals surface area contributed by atoms with Gasteiger partial charge in [0.1, 0.15) is 10.8 Å². The van der Waals surface area contributed by atoms with Gasteiger partial charge in [0.2, 0.25) is 0 Å². The smallest absolute Gasteiger partial charge is 0.124 e. The summed E-state index contributed by atoms with van der Waals surface area (Å²) >= 11 is 4.84. The number of rotatable bonds is 3. The number of aryl methyl sites for hydroxylation is 1. The van der Waals surface area contributed by atoms with Gasteiger partial charge in [0.15, 0.2) is 0 Å². The standard InChI is InChI=1S/C12H12FN3S/c1-8-2-3-16(15-8)7-9-4-10(12(14)17)6-11(13)5-9/h2-6H,7H2,1H3,(H2,14,17). The lowest BCUT2D eigenvalue weighted by Gasteiger charge is -2.05. The van der Waals surface area contributed by atoms with E-state index in [0.717, 1.165) is 11.3 Å². The summed E-state index contributed by atoms with van der Waals surface area (Å²) in [5.41, 5.74) is 7.75. The number of nitrogens with zero attached hydrogens (tertiary/aromatic N) is 2. The Hall–Kier alpha value is -1.75. The van der Waals surface area contributed by atoms with Crippen LogP contribution in [-0.4, -0.2) is 14.8 Å². The highest BCUT2D eigenvalue weighted by atomic mass is 32.1. The van der Waals surface area contributed by atoms with E-state index in [-0.39, 0.29) is 10.8 Å². The summed E-state index contributed by atoms with van der Waals surface area (Å²) in [4.78, 5) is 0.197. The van der Waals surface area contributed by atoms with Gasteiger partial charge in [0.25, 0.3) is 0 Å². The van der Waals surface area contributed by atoms with Crippen LogP contribution in [-0.2, 0) is 6.54 Å². The van der Waals surface area contributed by atoms with Crippen molar-refractivity contribution in [3.8, 4) is 0 Å². The van der Waals surface area contributed by atoms with Gasteiger partial charge < -0.3 is 5.73 Å². The molecule has 2 rings (SSSR count). The molecule has 1 aromatic heterocycles. The van der Waals surface area contributed by atoms with E-state index in [1.165, 1.54) is 12.1 Å². The summed E-state index contributed by atoms with van der Waals surface area (Å²) in [6, 6.07) is 6.47. The number of aromatic nitrogens is 2. The minimum atomic E-state index is -0.339. The van der Waals surface area contributed by atoms with Crippen molar-refractivity contribution in [3.63, 3.8) is 0 Å². The van der Waals surface area contributed by atoms with E-state index in [9.17, 15) is 4.39 Å². The van der Waals surface area contributed by atoms with Gasteiger partial charge in [-0.05, 0) is 36.8 Å². The normalized spacial score (nSPS) is 10.5. The molecule has 0 saturated heterocycles. The van der Waals surface area contributed by atoms with Gasteiger partial charge >= 0.3 is 0 Å². The van der Waals surface area contributed by atoms with Crippen LogP contribution in [0.5, 0.6) is 0 Å². The zero-order chi connectivity index (χ0) is 12.4. The summed E-state index contributed by atoms with van der Waals surface area (Å²) in [6.07, 6.45) is 1.85. The molecule has 3 nitrogen and oxygen atoms in total. The number of benzene rings is 1. The van der Waals surface area contributed by atoms with Gasteiger partial charge in [-0.2, -0.15) is 5.10 Å². The summed E-state index contributed by atoms with van der Waals surface area (Å²) in [5.74, 6) is -0.339. The second-order valence-electron chi connectivity index (χ2n) is 3.87. The van der Waals surface area contributed by atoms with Crippen LogP contribution in [0.15, 0.2) is 30.5 Å². The first-order valence-electron chi connectivity index (χ1n) is 5.14. The van der Waals surface area contributed by atoms with Crippen molar-refractivity contribution in [1.82, 2.24) is 9.78 Å². The van der Waals surface area contributed by atoms with Crippen molar-refractivity contribution in [2.45, 2.75) is 13.5 Å². The zero-order valence-corrected chi connectivity index (χ0v) is 10.2. The molecule has 0 spiro atoms. The van der Waals surface area contributed by atoms with Crippen LogP contribution in [0.3, 0.4) is 0 Å². The van der Waals surface area contributed by atoms with Crippen LogP contribution in [0.2, 0.25) is 0 Å². The summed E-state index contributed by atoms with van der Waals surface area (Å²) in [5, 5.41) is 4.24. The average molecular weight is 249 g/mol. The first-order valence-corrected chi connectivity index (χ1v) is 5.55. The molecule has 0 fully saturated rings. The monoisotopic (exact) mass is 249 g/mol. The van der Waals surface area contributed by atoms with Gasteiger partial charge in [0, 0.05) is 11.8 Å². The number of nitrogens with two attached hydrogens (primary N) is 1. The lowest BCUT2D eigenvalue weighted by atomic mass is 10.1. The Morgan fingerprint density at radius 3 is 2.82 bits per heavy atom. The van der Waals surface area contributed by atoms with E-state index in [1.54, 1.807) is 10.7 Å². The van der Waals surface area contributed by atoms with E-state index >= 15 is 0 Å². The summed E-state index contributed by atoms with van der Waals surface area (Å²) in [7, 11) is 0. The molecule has 0 radical (unpaired) electrons. The molecular formula is C12H12FN3S. The maximum atomic E-state index is 13.4. The lowest BCUT2D eigenvalue weighted by molar-refractivity contribution is 0.618. The maximum absolute atomic E-state index is 13.4. The largest absolute Gasteiger partial charge is 0.389 e. The van der Waals surface area contributed by atoms with Crippen LogP contribution in [0, 0.1) is 12.7 Å². The van der Waals surface area contributed by atoms with Crippen LogP contribution >= 0.6 is 12.2 Å². The minimum Gasteiger partial charge on any atom is -0.389 e. The molecule has 0 bridgehead atoms. The molecule has 0 amide bonds. The van der Waals surface area contributed by atoms with Crippen LogP contribution in [0.4, 0.5) is 4.39 Å². The van der Waals surface area contributed by atoms with Crippen LogP contribution in [0.1, 0.15) is 16.8 Å². The quantitative estimate of drug-likeness (QED) is 0.846.